The number of hydrogen-bond donors (Lipinski definition) is 2. The molecule has 2 aromatic carbocycles. The van der Waals surface area contributed by atoms with Crippen molar-refractivity contribution >= 4 is 22.7 Å². The Hall–Kier alpha value is -2.86. The molecule has 118 valence electrons. The topological polar surface area (TPSA) is 84.5 Å². The Morgan fingerprint density at radius 2 is 1.96 bits per heavy atom. The van der Waals surface area contributed by atoms with Gasteiger partial charge in [-0.05, 0) is 36.2 Å². The number of rotatable bonds is 4. The Bertz CT molecular complexity index is 906. The lowest BCUT2D eigenvalue weighted by Crippen LogP contribution is -2.12. The average molecular weight is 312 g/mol. The van der Waals surface area contributed by atoms with Gasteiger partial charge in [0, 0.05) is 19.3 Å². The molecule has 23 heavy (non-hydrogen) atoms. The van der Waals surface area contributed by atoms with Crippen LogP contribution in [0.5, 0.6) is 0 Å². The summed E-state index contributed by atoms with van der Waals surface area (Å²) in [6.45, 7) is 0.0841. The van der Waals surface area contributed by atoms with Gasteiger partial charge in [-0.1, -0.05) is 18.2 Å². The van der Waals surface area contributed by atoms with Gasteiger partial charge in [0.15, 0.2) is 5.58 Å². The van der Waals surface area contributed by atoms with Gasteiger partial charge in [0.05, 0.1) is 11.1 Å². The number of aliphatic hydroxyl groups is 1. The SMILES string of the molecule is Cn1c(=O)oc2c(C(=O)Nc3ccc(CCO)cc3)cccc21. The fourth-order valence-corrected chi connectivity index (χ4v) is 2.41. The quantitative estimate of drug-likeness (QED) is 0.771. The smallest absolute Gasteiger partial charge is 0.407 e. The van der Waals surface area contributed by atoms with Crippen LogP contribution in [0.3, 0.4) is 0 Å². The summed E-state index contributed by atoms with van der Waals surface area (Å²) < 4.78 is 6.52. The van der Waals surface area contributed by atoms with E-state index in [1.165, 1.54) is 4.57 Å². The van der Waals surface area contributed by atoms with Gasteiger partial charge < -0.3 is 14.8 Å². The molecule has 0 saturated heterocycles. The van der Waals surface area contributed by atoms with Crippen molar-refractivity contribution in [3.63, 3.8) is 0 Å². The minimum atomic E-state index is -0.506. The molecule has 0 saturated carbocycles. The number of hydrogen-bond acceptors (Lipinski definition) is 4. The Morgan fingerprint density at radius 1 is 1.22 bits per heavy atom. The molecule has 0 spiro atoms. The monoisotopic (exact) mass is 312 g/mol. The van der Waals surface area contributed by atoms with E-state index in [2.05, 4.69) is 5.32 Å². The Labute approximate surface area is 132 Å². The van der Waals surface area contributed by atoms with Gasteiger partial charge in [-0.25, -0.2) is 4.79 Å². The number of fused-ring (bicyclic) bond motifs is 1. The Kier molecular flexibility index (Phi) is 3.99. The predicted molar refractivity (Wildman–Crippen MR) is 86.6 cm³/mol. The highest BCUT2D eigenvalue weighted by Gasteiger charge is 2.16. The number of anilines is 1. The number of nitrogens with zero attached hydrogens (tertiary/aromatic N) is 1. The van der Waals surface area contributed by atoms with Crippen molar-refractivity contribution in [3.8, 4) is 0 Å². The minimum Gasteiger partial charge on any atom is -0.407 e. The van der Waals surface area contributed by atoms with Crippen molar-refractivity contribution in [1.82, 2.24) is 4.57 Å². The lowest BCUT2D eigenvalue weighted by Gasteiger charge is -2.06. The van der Waals surface area contributed by atoms with Crippen LogP contribution in [0.25, 0.3) is 11.1 Å². The minimum absolute atomic E-state index is 0.0841. The lowest BCUT2D eigenvalue weighted by molar-refractivity contribution is 0.102. The zero-order valence-corrected chi connectivity index (χ0v) is 12.6. The molecule has 0 aliphatic carbocycles. The average Bonchev–Trinajstić information content (AvgIpc) is 2.84. The van der Waals surface area contributed by atoms with Crippen molar-refractivity contribution < 1.29 is 14.3 Å². The first-order valence-corrected chi connectivity index (χ1v) is 7.20. The molecule has 0 radical (unpaired) electrons. The third kappa shape index (κ3) is 2.89. The van der Waals surface area contributed by atoms with E-state index in [-0.39, 0.29) is 18.1 Å². The number of amides is 1. The maximum atomic E-state index is 12.4. The maximum Gasteiger partial charge on any atom is 0.419 e. The normalized spacial score (nSPS) is 10.9. The van der Waals surface area contributed by atoms with E-state index >= 15 is 0 Å². The van der Waals surface area contributed by atoms with Gasteiger partial charge in [0.25, 0.3) is 5.91 Å². The fourth-order valence-electron chi connectivity index (χ4n) is 2.41. The van der Waals surface area contributed by atoms with E-state index < -0.39 is 5.76 Å². The predicted octanol–water partition coefficient (Wildman–Crippen LogP) is 1.92. The van der Waals surface area contributed by atoms with Crippen LogP contribution >= 0.6 is 0 Å². The van der Waals surface area contributed by atoms with Crippen LogP contribution in [-0.2, 0) is 13.5 Å². The molecule has 1 amide bonds. The number of aryl methyl sites for hydroxylation is 1. The van der Waals surface area contributed by atoms with E-state index in [9.17, 15) is 9.59 Å². The molecule has 3 rings (SSSR count). The highest BCUT2D eigenvalue weighted by Crippen LogP contribution is 2.19. The lowest BCUT2D eigenvalue weighted by atomic mass is 10.1. The molecular formula is C17H16N2O4. The molecule has 0 fully saturated rings. The van der Waals surface area contributed by atoms with Gasteiger partial charge in [0.2, 0.25) is 0 Å². The summed E-state index contributed by atoms with van der Waals surface area (Å²) in [5.74, 6) is -0.853. The first-order chi connectivity index (χ1) is 11.1. The number of benzene rings is 2. The van der Waals surface area contributed by atoms with Crippen LogP contribution in [0.4, 0.5) is 5.69 Å². The molecule has 3 aromatic rings. The molecule has 1 aromatic heterocycles. The largest absolute Gasteiger partial charge is 0.419 e. The molecule has 6 heteroatoms. The van der Waals surface area contributed by atoms with Crippen molar-refractivity contribution in [2.24, 2.45) is 7.05 Å². The highest BCUT2D eigenvalue weighted by molar-refractivity contribution is 6.10. The summed E-state index contributed by atoms with van der Waals surface area (Å²) in [5, 5.41) is 11.7. The first-order valence-electron chi connectivity index (χ1n) is 7.20. The van der Waals surface area contributed by atoms with Gasteiger partial charge in [-0.2, -0.15) is 0 Å². The molecule has 0 aliphatic rings. The Morgan fingerprint density at radius 3 is 2.65 bits per heavy atom. The van der Waals surface area contributed by atoms with E-state index in [4.69, 9.17) is 9.52 Å². The first kappa shape index (κ1) is 15.1. The second kappa shape index (κ2) is 6.10. The molecule has 0 unspecified atom stereocenters. The zero-order valence-electron chi connectivity index (χ0n) is 12.6. The molecule has 1 heterocycles. The number of aliphatic hydroxyl groups excluding tert-OH is 1. The van der Waals surface area contributed by atoms with Crippen molar-refractivity contribution in [3.05, 3.63) is 64.1 Å². The van der Waals surface area contributed by atoms with Crippen LogP contribution in [-0.4, -0.2) is 22.2 Å². The molecule has 0 aliphatic heterocycles. The third-order valence-electron chi connectivity index (χ3n) is 3.68. The summed E-state index contributed by atoms with van der Waals surface area (Å²) in [6.07, 6.45) is 0.572. The van der Waals surface area contributed by atoms with E-state index in [1.54, 1.807) is 37.4 Å². The van der Waals surface area contributed by atoms with E-state index in [0.717, 1.165) is 5.56 Å². The third-order valence-corrected chi connectivity index (χ3v) is 3.68. The highest BCUT2D eigenvalue weighted by atomic mass is 16.4. The zero-order chi connectivity index (χ0) is 16.4. The Balaban J connectivity index is 1.89. The summed E-state index contributed by atoms with van der Waals surface area (Å²) >= 11 is 0. The van der Waals surface area contributed by atoms with Crippen molar-refractivity contribution in [1.29, 1.82) is 0 Å². The van der Waals surface area contributed by atoms with Crippen LogP contribution in [0.2, 0.25) is 0 Å². The summed E-state index contributed by atoms with van der Waals surface area (Å²) in [6, 6.07) is 12.3. The summed E-state index contributed by atoms with van der Waals surface area (Å²) in [7, 11) is 1.59. The number of carbonyl (C=O) groups excluding carboxylic acids is 1. The van der Waals surface area contributed by atoms with Gasteiger partial charge >= 0.3 is 5.76 Å². The maximum absolute atomic E-state index is 12.4. The van der Waals surface area contributed by atoms with Crippen LogP contribution in [0, 0.1) is 0 Å². The van der Waals surface area contributed by atoms with Crippen LogP contribution in [0.1, 0.15) is 15.9 Å². The molecular weight excluding hydrogens is 296 g/mol. The van der Waals surface area contributed by atoms with E-state index in [0.29, 0.717) is 23.2 Å². The van der Waals surface area contributed by atoms with Crippen LogP contribution < -0.4 is 11.1 Å². The van der Waals surface area contributed by atoms with E-state index in [1.807, 2.05) is 12.1 Å². The second-order valence-electron chi connectivity index (χ2n) is 5.21. The van der Waals surface area contributed by atoms with Crippen LogP contribution in [0.15, 0.2) is 51.7 Å². The molecule has 0 bridgehead atoms. The van der Waals surface area contributed by atoms with Crippen molar-refractivity contribution in [2.75, 3.05) is 11.9 Å². The number of para-hydroxylation sites is 1. The van der Waals surface area contributed by atoms with Gasteiger partial charge in [-0.15, -0.1) is 0 Å². The number of carbonyl (C=O) groups is 1. The number of oxazole rings is 1. The van der Waals surface area contributed by atoms with Crippen molar-refractivity contribution in [2.45, 2.75) is 6.42 Å². The standard InChI is InChI=1S/C17H16N2O4/c1-19-14-4-2-3-13(15(14)23-17(19)22)16(21)18-12-7-5-11(6-8-12)9-10-20/h2-8,20H,9-10H2,1H3,(H,18,21). The fraction of sp³-hybridized carbons (Fsp3) is 0.176. The van der Waals surface area contributed by atoms with Gasteiger partial charge in [0.1, 0.15) is 0 Å². The number of aromatic nitrogens is 1. The molecule has 0 atom stereocenters. The summed E-state index contributed by atoms with van der Waals surface area (Å²) in [4.78, 5) is 24.1. The second-order valence-corrected chi connectivity index (χ2v) is 5.21. The number of nitrogens with one attached hydrogen (secondary N) is 1. The van der Waals surface area contributed by atoms with Gasteiger partial charge in [-0.3, -0.25) is 9.36 Å². The molecule has 6 nitrogen and oxygen atoms in total. The molecule has 2 N–H and O–H groups in total. The summed E-state index contributed by atoms with van der Waals surface area (Å²) in [5.41, 5.74) is 2.77.